The lowest BCUT2D eigenvalue weighted by Gasteiger charge is -2.10. The van der Waals surface area contributed by atoms with E-state index in [0.29, 0.717) is 0 Å². The molecule has 0 unspecified atom stereocenters. The Balaban J connectivity index is 2.22. The van der Waals surface area contributed by atoms with Gasteiger partial charge >= 0.3 is 0 Å². The van der Waals surface area contributed by atoms with Crippen LogP contribution in [-0.2, 0) is 0 Å². The van der Waals surface area contributed by atoms with E-state index in [1.807, 2.05) is 6.20 Å². The Hall–Kier alpha value is -0.500. The van der Waals surface area contributed by atoms with Crippen molar-refractivity contribution in [3.05, 3.63) is 12.3 Å². The summed E-state index contributed by atoms with van der Waals surface area (Å²) in [6.07, 6.45) is 4.06. The van der Waals surface area contributed by atoms with Gasteiger partial charge in [-0.25, -0.2) is 5.01 Å². The second-order valence-electron chi connectivity index (χ2n) is 1.57. The number of nitrogens with zero attached hydrogens (tertiary/aromatic N) is 1. The van der Waals surface area contributed by atoms with Gasteiger partial charge in [-0.1, -0.05) is 13.0 Å². The fraction of sp³-hybridized carbons (Fsp3) is 0.600. The lowest BCUT2D eigenvalue weighted by molar-refractivity contribution is 0.282. The monoisotopic (exact) mass is 98.1 g/mol. The first-order valence-corrected chi connectivity index (χ1v) is 2.59. The summed E-state index contributed by atoms with van der Waals surface area (Å²) < 4.78 is 0. The molecule has 0 saturated heterocycles. The van der Waals surface area contributed by atoms with E-state index in [4.69, 9.17) is 0 Å². The first kappa shape index (κ1) is 4.65. The van der Waals surface area contributed by atoms with Gasteiger partial charge < -0.3 is 5.43 Å². The highest BCUT2D eigenvalue weighted by Gasteiger charge is 1.98. The minimum absolute atomic E-state index is 1.05. The molecule has 7 heavy (non-hydrogen) atoms. The van der Waals surface area contributed by atoms with Gasteiger partial charge in [-0.3, -0.25) is 0 Å². The zero-order chi connectivity index (χ0) is 5.11. The van der Waals surface area contributed by atoms with E-state index in [1.165, 1.54) is 0 Å². The van der Waals surface area contributed by atoms with Crippen LogP contribution in [0, 0.1) is 0 Å². The normalized spacial score (nSPS) is 20.1. The number of hydrogen-bond acceptors (Lipinski definition) is 2. The van der Waals surface area contributed by atoms with E-state index in [1.54, 1.807) is 0 Å². The van der Waals surface area contributed by atoms with Crippen LogP contribution < -0.4 is 5.43 Å². The SMILES string of the molecule is CCN1CC=CN1. The number of likely N-dealkylation sites (N-methyl/N-ethyl adjacent to an activating group) is 1. The van der Waals surface area contributed by atoms with Crippen LogP contribution in [0.2, 0.25) is 0 Å². The summed E-state index contributed by atoms with van der Waals surface area (Å²) in [5.74, 6) is 0. The fourth-order valence-corrected chi connectivity index (χ4v) is 0.611. The van der Waals surface area contributed by atoms with Crippen LogP contribution >= 0.6 is 0 Å². The molecule has 0 radical (unpaired) electrons. The molecular formula is C5H10N2. The lowest BCUT2D eigenvalue weighted by Crippen LogP contribution is -2.29. The van der Waals surface area contributed by atoms with Gasteiger partial charge in [0.1, 0.15) is 0 Å². The molecule has 0 aliphatic carbocycles. The molecule has 1 N–H and O–H groups in total. The molecule has 1 aliphatic heterocycles. The molecule has 0 bridgehead atoms. The molecule has 2 heteroatoms. The van der Waals surface area contributed by atoms with Crippen LogP contribution in [-0.4, -0.2) is 18.1 Å². The van der Waals surface area contributed by atoms with E-state index in [2.05, 4.69) is 23.4 Å². The van der Waals surface area contributed by atoms with E-state index >= 15 is 0 Å². The van der Waals surface area contributed by atoms with Gasteiger partial charge in [0.2, 0.25) is 0 Å². The van der Waals surface area contributed by atoms with Crippen molar-refractivity contribution >= 4 is 0 Å². The van der Waals surface area contributed by atoms with Crippen molar-refractivity contribution in [2.45, 2.75) is 6.92 Å². The Labute approximate surface area is 43.8 Å². The summed E-state index contributed by atoms with van der Waals surface area (Å²) in [7, 11) is 0. The quantitative estimate of drug-likeness (QED) is 0.508. The maximum atomic E-state index is 3.06. The Kier molecular flexibility index (Phi) is 1.32. The van der Waals surface area contributed by atoms with Crippen molar-refractivity contribution < 1.29 is 0 Å². The van der Waals surface area contributed by atoms with E-state index in [0.717, 1.165) is 13.1 Å². The van der Waals surface area contributed by atoms with Gasteiger partial charge in [-0.2, -0.15) is 0 Å². The van der Waals surface area contributed by atoms with Gasteiger partial charge in [-0.05, 0) is 0 Å². The lowest BCUT2D eigenvalue weighted by atomic mass is 10.6. The fourth-order valence-electron chi connectivity index (χ4n) is 0.611. The Morgan fingerprint density at radius 2 is 2.71 bits per heavy atom. The summed E-state index contributed by atoms with van der Waals surface area (Å²) in [5.41, 5.74) is 3.06. The number of hydrazine groups is 1. The largest absolute Gasteiger partial charge is 0.326 e. The van der Waals surface area contributed by atoms with Crippen LogP contribution in [0.5, 0.6) is 0 Å². The Bertz CT molecular complexity index is 70.1. The summed E-state index contributed by atoms with van der Waals surface area (Å²) in [6, 6.07) is 0. The summed E-state index contributed by atoms with van der Waals surface area (Å²) in [4.78, 5) is 0. The van der Waals surface area contributed by atoms with Crippen molar-refractivity contribution in [3.8, 4) is 0 Å². The second-order valence-corrected chi connectivity index (χ2v) is 1.57. The number of nitrogens with one attached hydrogen (secondary N) is 1. The minimum atomic E-state index is 1.05. The Morgan fingerprint density at radius 1 is 1.86 bits per heavy atom. The third-order valence-electron chi connectivity index (χ3n) is 1.08. The molecule has 0 aromatic rings. The van der Waals surface area contributed by atoms with Crippen molar-refractivity contribution in [2.24, 2.45) is 0 Å². The molecule has 0 aromatic carbocycles. The summed E-state index contributed by atoms with van der Waals surface area (Å²) in [6.45, 7) is 4.25. The second kappa shape index (κ2) is 1.98. The van der Waals surface area contributed by atoms with Gasteiger partial charge in [0.15, 0.2) is 0 Å². The van der Waals surface area contributed by atoms with Crippen LogP contribution in [0.25, 0.3) is 0 Å². The van der Waals surface area contributed by atoms with Crippen molar-refractivity contribution in [1.82, 2.24) is 10.4 Å². The highest BCUT2D eigenvalue weighted by Crippen LogP contribution is 1.88. The van der Waals surface area contributed by atoms with Crippen LogP contribution in [0.4, 0.5) is 0 Å². The van der Waals surface area contributed by atoms with Crippen LogP contribution in [0.3, 0.4) is 0 Å². The maximum absolute atomic E-state index is 3.06. The van der Waals surface area contributed by atoms with Crippen LogP contribution in [0.15, 0.2) is 12.3 Å². The maximum Gasteiger partial charge on any atom is 0.0376 e. The third-order valence-corrected chi connectivity index (χ3v) is 1.08. The molecule has 0 fully saturated rings. The molecule has 2 nitrogen and oxygen atoms in total. The molecule has 1 heterocycles. The predicted molar refractivity (Wildman–Crippen MR) is 29.5 cm³/mol. The number of hydrogen-bond donors (Lipinski definition) is 1. The smallest absolute Gasteiger partial charge is 0.0376 e. The molecule has 1 rings (SSSR count). The summed E-state index contributed by atoms with van der Waals surface area (Å²) >= 11 is 0. The average Bonchev–Trinajstić information content (AvgIpc) is 2.14. The predicted octanol–water partition coefficient (Wildman–Crippen LogP) is 0.340. The van der Waals surface area contributed by atoms with Gasteiger partial charge in [0, 0.05) is 19.3 Å². The molecule has 0 atom stereocenters. The van der Waals surface area contributed by atoms with Crippen molar-refractivity contribution in [3.63, 3.8) is 0 Å². The highest BCUT2D eigenvalue weighted by molar-refractivity contribution is 4.87. The standard InChI is InChI=1S/C5H10N2/c1-2-7-5-3-4-6-7/h3-4,6H,2,5H2,1H3. The van der Waals surface area contributed by atoms with E-state index in [9.17, 15) is 0 Å². The Morgan fingerprint density at radius 3 is 3.00 bits per heavy atom. The third kappa shape index (κ3) is 0.933. The summed E-state index contributed by atoms with van der Waals surface area (Å²) in [5, 5.41) is 2.12. The van der Waals surface area contributed by atoms with Gasteiger partial charge in [-0.15, -0.1) is 0 Å². The topological polar surface area (TPSA) is 15.3 Å². The van der Waals surface area contributed by atoms with Crippen molar-refractivity contribution in [1.29, 1.82) is 0 Å². The van der Waals surface area contributed by atoms with E-state index in [-0.39, 0.29) is 0 Å². The van der Waals surface area contributed by atoms with E-state index < -0.39 is 0 Å². The molecule has 40 valence electrons. The minimum Gasteiger partial charge on any atom is -0.326 e. The highest BCUT2D eigenvalue weighted by atomic mass is 15.5. The van der Waals surface area contributed by atoms with Gasteiger partial charge in [0.05, 0.1) is 0 Å². The van der Waals surface area contributed by atoms with Crippen LogP contribution in [0.1, 0.15) is 6.92 Å². The molecule has 0 aromatic heterocycles. The number of rotatable bonds is 1. The molecule has 0 amide bonds. The molecule has 1 aliphatic rings. The van der Waals surface area contributed by atoms with Crippen molar-refractivity contribution in [2.75, 3.05) is 13.1 Å². The molecular weight excluding hydrogens is 88.1 g/mol. The zero-order valence-corrected chi connectivity index (χ0v) is 4.52. The average molecular weight is 98.1 g/mol. The molecule has 0 saturated carbocycles. The first-order valence-electron chi connectivity index (χ1n) is 2.59. The zero-order valence-electron chi connectivity index (χ0n) is 4.52. The van der Waals surface area contributed by atoms with Gasteiger partial charge in [0.25, 0.3) is 0 Å². The first-order chi connectivity index (χ1) is 3.43. The molecule has 0 spiro atoms.